The summed E-state index contributed by atoms with van der Waals surface area (Å²) in [6.45, 7) is 4.81. The number of carboxylic acids is 1. The third-order valence-corrected chi connectivity index (χ3v) is 4.83. The number of Topliss-reactive ketones (excluding diaryl/α,β-unsaturated/α-hetero) is 1. The Kier molecular flexibility index (Phi) is 5.44. The van der Waals surface area contributed by atoms with Crippen LogP contribution in [0.3, 0.4) is 0 Å². The molecule has 146 valence electrons. The summed E-state index contributed by atoms with van der Waals surface area (Å²) in [5.41, 5.74) is 1.84. The predicted octanol–water partition coefficient (Wildman–Crippen LogP) is 3.00. The number of halogens is 1. The van der Waals surface area contributed by atoms with Crippen LogP contribution in [0.25, 0.3) is 0 Å². The van der Waals surface area contributed by atoms with E-state index in [1.54, 1.807) is 30.0 Å². The van der Waals surface area contributed by atoms with Crippen molar-refractivity contribution < 1.29 is 23.9 Å². The van der Waals surface area contributed by atoms with Crippen molar-refractivity contribution in [2.75, 3.05) is 31.1 Å². The van der Waals surface area contributed by atoms with Gasteiger partial charge in [-0.15, -0.1) is 0 Å². The van der Waals surface area contributed by atoms with Gasteiger partial charge in [0.15, 0.2) is 5.78 Å². The van der Waals surface area contributed by atoms with Gasteiger partial charge in [-0.2, -0.15) is 0 Å². The Morgan fingerprint density at radius 2 is 1.57 bits per heavy atom. The van der Waals surface area contributed by atoms with E-state index < -0.39 is 11.8 Å². The lowest BCUT2D eigenvalue weighted by molar-refractivity contribution is 0.0696. The first-order valence-electron chi connectivity index (χ1n) is 8.96. The lowest BCUT2D eigenvalue weighted by atomic mass is 10.0. The van der Waals surface area contributed by atoms with Crippen molar-refractivity contribution in [3.05, 3.63) is 64.5 Å². The molecular weight excluding hydrogens is 363 g/mol. The summed E-state index contributed by atoms with van der Waals surface area (Å²) in [5, 5.41) is 9.18. The van der Waals surface area contributed by atoms with Gasteiger partial charge in [0.05, 0.1) is 11.3 Å². The first-order chi connectivity index (χ1) is 13.3. The molecule has 6 nitrogen and oxygen atoms in total. The van der Waals surface area contributed by atoms with Crippen LogP contribution in [0.2, 0.25) is 0 Å². The molecule has 0 aliphatic carbocycles. The van der Waals surface area contributed by atoms with Gasteiger partial charge < -0.3 is 14.9 Å². The number of aromatic carboxylic acids is 1. The van der Waals surface area contributed by atoms with Gasteiger partial charge in [0.25, 0.3) is 5.91 Å². The molecule has 1 fully saturated rings. The van der Waals surface area contributed by atoms with Crippen molar-refractivity contribution in [3.63, 3.8) is 0 Å². The third kappa shape index (κ3) is 4.03. The molecule has 1 amide bonds. The number of carboxylic acid groups (broad SMARTS) is 1. The molecular formula is C21H21FN2O4. The first kappa shape index (κ1) is 19.5. The smallest absolute Gasteiger partial charge is 0.335 e. The molecule has 0 unspecified atom stereocenters. The average Bonchev–Trinajstić information content (AvgIpc) is 2.67. The molecule has 7 heteroatoms. The van der Waals surface area contributed by atoms with Gasteiger partial charge in [-0.05, 0) is 55.8 Å². The van der Waals surface area contributed by atoms with Gasteiger partial charge in [-0.25, -0.2) is 9.18 Å². The zero-order valence-corrected chi connectivity index (χ0v) is 15.7. The molecule has 2 aromatic rings. The van der Waals surface area contributed by atoms with Gasteiger partial charge in [-0.3, -0.25) is 9.59 Å². The summed E-state index contributed by atoms with van der Waals surface area (Å²) in [6, 6.07) is 8.98. The maximum absolute atomic E-state index is 14.4. The highest BCUT2D eigenvalue weighted by molar-refractivity contribution is 5.98. The van der Waals surface area contributed by atoms with E-state index >= 15 is 0 Å². The van der Waals surface area contributed by atoms with Crippen LogP contribution in [0.5, 0.6) is 0 Å². The number of hydrogen-bond donors (Lipinski definition) is 1. The van der Waals surface area contributed by atoms with Crippen LogP contribution in [0.15, 0.2) is 36.4 Å². The van der Waals surface area contributed by atoms with Crippen molar-refractivity contribution >= 4 is 23.3 Å². The predicted molar refractivity (Wildman–Crippen MR) is 103 cm³/mol. The second-order valence-corrected chi connectivity index (χ2v) is 6.89. The van der Waals surface area contributed by atoms with Crippen LogP contribution >= 0.6 is 0 Å². The van der Waals surface area contributed by atoms with E-state index in [2.05, 4.69) is 0 Å². The van der Waals surface area contributed by atoms with E-state index in [1.807, 2.05) is 4.90 Å². The quantitative estimate of drug-likeness (QED) is 0.820. The van der Waals surface area contributed by atoms with Crippen LogP contribution < -0.4 is 4.90 Å². The standard InChI is InChI=1S/C21H21FN2O4/c1-13-9-16(11-17(10-13)21(27)28)20(26)24-7-5-23(6-8-24)19-4-3-15(14(2)25)12-18(19)22/h3-4,9-12H,5-8H2,1-2H3,(H,27,28). The average molecular weight is 384 g/mol. The second kappa shape index (κ2) is 7.80. The number of piperazine rings is 1. The van der Waals surface area contributed by atoms with Gasteiger partial charge in [-0.1, -0.05) is 0 Å². The maximum Gasteiger partial charge on any atom is 0.335 e. The first-order valence-corrected chi connectivity index (χ1v) is 8.96. The SMILES string of the molecule is CC(=O)c1ccc(N2CCN(C(=O)c3cc(C)cc(C(=O)O)c3)CC2)c(F)c1. The molecule has 0 radical (unpaired) electrons. The highest BCUT2D eigenvalue weighted by Crippen LogP contribution is 2.23. The molecule has 1 saturated heterocycles. The van der Waals surface area contributed by atoms with Crippen LogP contribution in [-0.4, -0.2) is 53.8 Å². The monoisotopic (exact) mass is 384 g/mol. The highest BCUT2D eigenvalue weighted by atomic mass is 19.1. The summed E-state index contributed by atoms with van der Waals surface area (Å²) >= 11 is 0. The highest BCUT2D eigenvalue weighted by Gasteiger charge is 2.24. The Balaban J connectivity index is 1.71. The van der Waals surface area contributed by atoms with Crippen molar-refractivity contribution in [3.8, 4) is 0 Å². The Morgan fingerprint density at radius 3 is 2.14 bits per heavy atom. The third-order valence-electron chi connectivity index (χ3n) is 4.83. The zero-order chi connectivity index (χ0) is 20.4. The Morgan fingerprint density at radius 1 is 0.929 bits per heavy atom. The van der Waals surface area contributed by atoms with Gasteiger partial charge in [0, 0.05) is 37.3 Å². The summed E-state index contributed by atoms with van der Waals surface area (Å²) in [7, 11) is 0. The number of benzene rings is 2. The van der Waals surface area contributed by atoms with Crippen molar-refractivity contribution in [2.45, 2.75) is 13.8 Å². The van der Waals surface area contributed by atoms with Crippen LogP contribution in [0, 0.1) is 12.7 Å². The fourth-order valence-electron chi connectivity index (χ4n) is 3.35. The molecule has 1 heterocycles. The molecule has 0 atom stereocenters. The molecule has 0 bridgehead atoms. The van der Waals surface area contributed by atoms with E-state index in [-0.39, 0.29) is 17.3 Å². The number of hydrogen-bond acceptors (Lipinski definition) is 4. The molecule has 0 saturated carbocycles. The van der Waals surface area contributed by atoms with E-state index in [0.29, 0.717) is 48.6 Å². The van der Waals surface area contributed by atoms with Crippen LogP contribution in [0.1, 0.15) is 43.6 Å². The van der Waals surface area contributed by atoms with Crippen molar-refractivity contribution in [1.82, 2.24) is 4.90 Å². The fourth-order valence-corrected chi connectivity index (χ4v) is 3.35. The van der Waals surface area contributed by atoms with E-state index in [1.165, 1.54) is 25.1 Å². The number of rotatable bonds is 4. The minimum atomic E-state index is -1.08. The second-order valence-electron chi connectivity index (χ2n) is 6.89. The van der Waals surface area contributed by atoms with Gasteiger partial charge in [0.1, 0.15) is 5.82 Å². The van der Waals surface area contributed by atoms with Gasteiger partial charge >= 0.3 is 5.97 Å². The molecule has 2 aromatic carbocycles. The Hall–Kier alpha value is -3.22. The number of ketones is 1. The lowest BCUT2D eigenvalue weighted by Crippen LogP contribution is -2.49. The maximum atomic E-state index is 14.4. The Labute approximate surface area is 162 Å². The molecule has 1 N–H and O–H groups in total. The zero-order valence-electron chi connectivity index (χ0n) is 15.7. The number of aryl methyl sites for hydroxylation is 1. The van der Waals surface area contributed by atoms with E-state index in [4.69, 9.17) is 0 Å². The van der Waals surface area contributed by atoms with Crippen LogP contribution in [0.4, 0.5) is 10.1 Å². The van der Waals surface area contributed by atoms with Crippen LogP contribution in [-0.2, 0) is 0 Å². The largest absolute Gasteiger partial charge is 0.478 e. The number of carbonyl (C=O) groups is 3. The van der Waals surface area contributed by atoms with Crippen molar-refractivity contribution in [1.29, 1.82) is 0 Å². The fraction of sp³-hybridized carbons (Fsp3) is 0.286. The molecule has 1 aliphatic heterocycles. The summed E-state index contributed by atoms with van der Waals surface area (Å²) in [4.78, 5) is 38.8. The Bertz CT molecular complexity index is 949. The topological polar surface area (TPSA) is 77.9 Å². The summed E-state index contributed by atoms with van der Waals surface area (Å²) in [6.07, 6.45) is 0. The number of amides is 1. The van der Waals surface area contributed by atoms with Crippen molar-refractivity contribution in [2.24, 2.45) is 0 Å². The lowest BCUT2D eigenvalue weighted by Gasteiger charge is -2.36. The van der Waals surface area contributed by atoms with E-state index in [9.17, 15) is 23.9 Å². The minimum Gasteiger partial charge on any atom is -0.478 e. The number of carbonyl (C=O) groups excluding carboxylic acids is 2. The molecule has 0 spiro atoms. The molecule has 0 aromatic heterocycles. The van der Waals surface area contributed by atoms with E-state index in [0.717, 1.165) is 0 Å². The normalized spacial score (nSPS) is 14.1. The molecule has 1 aliphatic rings. The molecule has 3 rings (SSSR count). The molecule has 28 heavy (non-hydrogen) atoms. The summed E-state index contributed by atoms with van der Waals surface area (Å²) < 4.78 is 14.4. The van der Waals surface area contributed by atoms with Gasteiger partial charge in [0.2, 0.25) is 0 Å². The minimum absolute atomic E-state index is 0.0784. The number of nitrogens with zero attached hydrogens (tertiary/aromatic N) is 2. The number of anilines is 1. The summed E-state index contributed by atoms with van der Waals surface area (Å²) in [5.74, 6) is -1.97.